The molecular formula is C11H13NOS. The van der Waals surface area contributed by atoms with E-state index in [1.165, 1.54) is 23.3 Å². The van der Waals surface area contributed by atoms with Crippen molar-refractivity contribution in [3.8, 4) is 0 Å². The van der Waals surface area contributed by atoms with Gasteiger partial charge < -0.3 is 0 Å². The van der Waals surface area contributed by atoms with Crippen LogP contribution in [0, 0.1) is 0 Å². The number of rotatable bonds is 1. The van der Waals surface area contributed by atoms with Crippen LogP contribution in [0.2, 0.25) is 0 Å². The maximum absolute atomic E-state index is 10.7. The molecule has 3 heteroatoms. The Morgan fingerprint density at radius 1 is 1.57 bits per heavy atom. The second-order valence-electron chi connectivity index (χ2n) is 4.26. The molecule has 2 aliphatic rings. The molecule has 0 spiro atoms. The lowest BCUT2D eigenvalue weighted by molar-refractivity contribution is 0.112. The lowest BCUT2D eigenvalue weighted by Gasteiger charge is -2.30. The SMILES string of the molecule is CN1[C@H]2CC[C@@H]1c1cc(C=O)sc1C2. The highest BCUT2D eigenvalue weighted by Gasteiger charge is 2.38. The summed E-state index contributed by atoms with van der Waals surface area (Å²) in [7, 11) is 2.21. The van der Waals surface area contributed by atoms with E-state index < -0.39 is 0 Å². The maximum Gasteiger partial charge on any atom is 0.160 e. The fourth-order valence-corrected chi connectivity index (χ4v) is 3.92. The minimum absolute atomic E-state index is 0.591. The summed E-state index contributed by atoms with van der Waals surface area (Å²) in [5, 5.41) is 0. The number of carbonyl (C=O) groups excluding carboxylic acids is 1. The largest absolute Gasteiger partial charge is 0.297 e. The fraction of sp³-hybridized carbons (Fsp3) is 0.545. The Morgan fingerprint density at radius 3 is 3.21 bits per heavy atom. The van der Waals surface area contributed by atoms with Gasteiger partial charge in [-0.15, -0.1) is 11.3 Å². The molecule has 14 heavy (non-hydrogen) atoms. The van der Waals surface area contributed by atoms with Crippen LogP contribution in [-0.4, -0.2) is 24.3 Å². The molecule has 2 bridgehead atoms. The fourth-order valence-electron chi connectivity index (χ4n) is 2.81. The lowest BCUT2D eigenvalue weighted by Crippen LogP contribution is -2.33. The molecule has 2 atom stereocenters. The summed E-state index contributed by atoms with van der Waals surface area (Å²) < 4.78 is 0. The van der Waals surface area contributed by atoms with Gasteiger partial charge in [0.05, 0.1) is 4.88 Å². The molecule has 2 aliphatic heterocycles. The normalized spacial score (nSPS) is 30.4. The molecule has 0 aliphatic carbocycles. The van der Waals surface area contributed by atoms with Crippen molar-refractivity contribution in [2.75, 3.05) is 7.05 Å². The first-order chi connectivity index (χ1) is 6.79. The van der Waals surface area contributed by atoms with Gasteiger partial charge in [-0.2, -0.15) is 0 Å². The van der Waals surface area contributed by atoms with Gasteiger partial charge in [-0.25, -0.2) is 0 Å². The Balaban J connectivity index is 2.09. The standard InChI is InChI=1S/C11H13NOS/c1-12-7-2-3-10(12)9-5-8(6-13)14-11(9)4-7/h5-7,10H,2-4H2,1H3/t7-,10+/m0/s1. The van der Waals surface area contributed by atoms with E-state index in [0.717, 1.165) is 23.6 Å². The molecule has 3 heterocycles. The van der Waals surface area contributed by atoms with Crippen LogP contribution in [0.5, 0.6) is 0 Å². The quantitative estimate of drug-likeness (QED) is 0.658. The molecule has 1 aromatic rings. The zero-order chi connectivity index (χ0) is 9.71. The minimum atomic E-state index is 0.591. The highest BCUT2D eigenvalue weighted by atomic mass is 32.1. The first-order valence-corrected chi connectivity index (χ1v) is 5.91. The summed E-state index contributed by atoms with van der Waals surface area (Å²) in [4.78, 5) is 15.5. The molecule has 0 N–H and O–H groups in total. The number of fused-ring (bicyclic) bond motifs is 4. The van der Waals surface area contributed by atoms with Crippen molar-refractivity contribution in [1.82, 2.24) is 4.90 Å². The average molecular weight is 207 g/mol. The van der Waals surface area contributed by atoms with E-state index in [9.17, 15) is 4.79 Å². The topological polar surface area (TPSA) is 20.3 Å². The van der Waals surface area contributed by atoms with E-state index >= 15 is 0 Å². The Labute approximate surface area is 87.5 Å². The van der Waals surface area contributed by atoms with Crippen LogP contribution in [0.15, 0.2) is 6.07 Å². The summed E-state index contributed by atoms with van der Waals surface area (Å²) >= 11 is 1.69. The molecular weight excluding hydrogens is 194 g/mol. The van der Waals surface area contributed by atoms with Gasteiger partial charge in [-0.1, -0.05) is 0 Å². The Morgan fingerprint density at radius 2 is 2.43 bits per heavy atom. The highest BCUT2D eigenvalue weighted by Crippen LogP contribution is 2.45. The monoisotopic (exact) mass is 207 g/mol. The Bertz CT molecular complexity index is 385. The first kappa shape index (κ1) is 8.62. The molecule has 1 saturated heterocycles. The number of thiophene rings is 1. The summed E-state index contributed by atoms with van der Waals surface area (Å²) in [6, 6.07) is 3.41. The van der Waals surface area contributed by atoms with Gasteiger partial charge in [0.15, 0.2) is 6.29 Å². The minimum Gasteiger partial charge on any atom is -0.297 e. The van der Waals surface area contributed by atoms with Crippen LogP contribution >= 0.6 is 11.3 Å². The van der Waals surface area contributed by atoms with Crippen LogP contribution in [-0.2, 0) is 6.42 Å². The van der Waals surface area contributed by atoms with Crippen molar-refractivity contribution in [1.29, 1.82) is 0 Å². The van der Waals surface area contributed by atoms with E-state index in [2.05, 4.69) is 18.0 Å². The second kappa shape index (κ2) is 2.91. The number of aldehydes is 1. The van der Waals surface area contributed by atoms with Crippen molar-refractivity contribution < 1.29 is 4.79 Å². The molecule has 0 aromatic carbocycles. The molecule has 0 unspecified atom stereocenters. The van der Waals surface area contributed by atoms with Crippen molar-refractivity contribution >= 4 is 17.6 Å². The molecule has 0 amide bonds. The van der Waals surface area contributed by atoms with Gasteiger partial charge >= 0.3 is 0 Å². The summed E-state index contributed by atoms with van der Waals surface area (Å²) in [5.41, 5.74) is 1.42. The molecule has 2 nitrogen and oxygen atoms in total. The van der Waals surface area contributed by atoms with Gasteiger partial charge in [0, 0.05) is 17.0 Å². The van der Waals surface area contributed by atoms with Gasteiger partial charge in [0.1, 0.15) is 0 Å². The summed E-state index contributed by atoms with van der Waals surface area (Å²) in [6.45, 7) is 0. The van der Waals surface area contributed by atoms with Crippen molar-refractivity contribution in [3.63, 3.8) is 0 Å². The predicted molar refractivity (Wildman–Crippen MR) is 56.9 cm³/mol. The predicted octanol–water partition coefficient (Wildman–Crippen LogP) is 2.25. The third-order valence-corrected chi connectivity index (χ3v) is 4.70. The summed E-state index contributed by atoms with van der Waals surface area (Å²) in [6.07, 6.45) is 4.72. The Hall–Kier alpha value is -0.670. The lowest BCUT2D eigenvalue weighted by atomic mass is 10.0. The molecule has 74 valence electrons. The van der Waals surface area contributed by atoms with E-state index in [1.807, 2.05) is 0 Å². The molecule has 0 radical (unpaired) electrons. The van der Waals surface area contributed by atoms with Gasteiger partial charge in [0.25, 0.3) is 0 Å². The van der Waals surface area contributed by atoms with Crippen molar-refractivity contribution in [2.45, 2.75) is 31.3 Å². The van der Waals surface area contributed by atoms with Crippen LogP contribution in [0.4, 0.5) is 0 Å². The van der Waals surface area contributed by atoms with Crippen LogP contribution in [0.25, 0.3) is 0 Å². The summed E-state index contributed by atoms with van der Waals surface area (Å²) in [5.74, 6) is 0. The van der Waals surface area contributed by atoms with Crippen molar-refractivity contribution in [3.05, 3.63) is 21.4 Å². The van der Waals surface area contributed by atoms with Gasteiger partial charge in [0.2, 0.25) is 0 Å². The number of likely N-dealkylation sites (N-methyl/N-ethyl adjacent to an activating group) is 1. The smallest absolute Gasteiger partial charge is 0.160 e. The maximum atomic E-state index is 10.7. The van der Waals surface area contributed by atoms with Crippen LogP contribution in [0.1, 0.15) is 39.0 Å². The molecule has 3 rings (SSSR count). The first-order valence-electron chi connectivity index (χ1n) is 5.09. The zero-order valence-corrected chi connectivity index (χ0v) is 9.01. The van der Waals surface area contributed by atoms with Crippen LogP contribution in [0.3, 0.4) is 0 Å². The van der Waals surface area contributed by atoms with E-state index in [1.54, 1.807) is 11.3 Å². The van der Waals surface area contributed by atoms with E-state index in [-0.39, 0.29) is 0 Å². The third kappa shape index (κ3) is 1.03. The average Bonchev–Trinajstić information content (AvgIpc) is 2.69. The number of hydrogen-bond acceptors (Lipinski definition) is 3. The Kier molecular flexibility index (Phi) is 1.79. The van der Waals surface area contributed by atoms with Crippen LogP contribution < -0.4 is 0 Å². The van der Waals surface area contributed by atoms with Crippen molar-refractivity contribution in [2.24, 2.45) is 0 Å². The highest BCUT2D eigenvalue weighted by molar-refractivity contribution is 7.13. The van der Waals surface area contributed by atoms with E-state index in [0.29, 0.717) is 6.04 Å². The second-order valence-corrected chi connectivity index (χ2v) is 5.43. The third-order valence-electron chi connectivity index (χ3n) is 3.60. The molecule has 1 aromatic heterocycles. The number of carbonyl (C=O) groups is 1. The molecule has 0 saturated carbocycles. The van der Waals surface area contributed by atoms with Gasteiger partial charge in [-0.05, 0) is 37.9 Å². The number of nitrogens with zero attached hydrogens (tertiary/aromatic N) is 1. The number of hydrogen-bond donors (Lipinski definition) is 0. The van der Waals surface area contributed by atoms with E-state index in [4.69, 9.17) is 0 Å². The molecule has 1 fully saturated rings. The van der Waals surface area contributed by atoms with Gasteiger partial charge in [-0.3, -0.25) is 9.69 Å². The zero-order valence-electron chi connectivity index (χ0n) is 8.19.